The highest BCUT2D eigenvalue weighted by Crippen LogP contribution is 2.11. The Morgan fingerprint density at radius 2 is 2.08 bits per heavy atom. The topological polar surface area (TPSA) is 46.2 Å². The standard InChI is InChI=1S/C9H19NO2S/c1-3-4-9-7-13(11,12)6-8(2)5-10-9/h8-10H,3-7H2,1-2H3. The van der Waals surface area contributed by atoms with E-state index in [-0.39, 0.29) is 12.0 Å². The molecule has 0 bridgehead atoms. The summed E-state index contributed by atoms with van der Waals surface area (Å²) in [7, 11) is -2.80. The van der Waals surface area contributed by atoms with E-state index < -0.39 is 9.84 Å². The molecule has 1 rings (SSSR count). The molecule has 0 saturated carbocycles. The van der Waals surface area contributed by atoms with Crippen molar-refractivity contribution in [3.63, 3.8) is 0 Å². The Balaban J connectivity index is 2.63. The summed E-state index contributed by atoms with van der Waals surface area (Å²) in [4.78, 5) is 0. The van der Waals surface area contributed by atoms with Gasteiger partial charge in [-0.05, 0) is 18.9 Å². The molecule has 1 aliphatic rings. The second-order valence-electron chi connectivity index (χ2n) is 4.08. The van der Waals surface area contributed by atoms with E-state index >= 15 is 0 Å². The van der Waals surface area contributed by atoms with Crippen molar-refractivity contribution < 1.29 is 8.42 Å². The van der Waals surface area contributed by atoms with E-state index in [0.717, 1.165) is 19.4 Å². The van der Waals surface area contributed by atoms with E-state index in [0.29, 0.717) is 11.5 Å². The van der Waals surface area contributed by atoms with Crippen molar-refractivity contribution in [1.82, 2.24) is 5.32 Å². The second-order valence-corrected chi connectivity index (χ2v) is 6.23. The molecule has 0 aliphatic carbocycles. The Bertz CT molecular complexity index is 248. The average molecular weight is 205 g/mol. The average Bonchev–Trinajstić information content (AvgIpc) is 2.09. The van der Waals surface area contributed by atoms with Gasteiger partial charge in [-0.3, -0.25) is 0 Å². The quantitative estimate of drug-likeness (QED) is 0.725. The van der Waals surface area contributed by atoms with Crippen LogP contribution in [-0.2, 0) is 9.84 Å². The first-order valence-electron chi connectivity index (χ1n) is 4.97. The minimum atomic E-state index is -2.80. The number of nitrogens with one attached hydrogen (secondary N) is 1. The summed E-state index contributed by atoms with van der Waals surface area (Å²) in [6.45, 7) is 4.91. The molecule has 13 heavy (non-hydrogen) atoms. The summed E-state index contributed by atoms with van der Waals surface area (Å²) >= 11 is 0. The van der Waals surface area contributed by atoms with Crippen molar-refractivity contribution in [2.75, 3.05) is 18.1 Å². The molecule has 1 fully saturated rings. The van der Waals surface area contributed by atoms with Crippen LogP contribution in [0.15, 0.2) is 0 Å². The first-order chi connectivity index (χ1) is 6.03. The van der Waals surface area contributed by atoms with Crippen LogP contribution in [0.2, 0.25) is 0 Å². The van der Waals surface area contributed by atoms with Gasteiger partial charge in [0.1, 0.15) is 0 Å². The molecule has 2 unspecified atom stereocenters. The van der Waals surface area contributed by atoms with Gasteiger partial charge in [0.2, 0.25) is 0 Å². The molecule has 0 aromatic heterocycles. The fourth-order valence-electron chi connectivity index (χ4n) is 1.83. The lowest BCUT2D eigenvalue weighted by molar-refractivity contribution is 0.479. The van der Waals surface area contributed by atoms with Gasteiger partial charge in [-0.2, -0.15) is 0 Å². The Hall–Kier alpha value is -0.0900. The third-order valence-electron chi connectivity index (χ3n) is 2.39. The predicted molar refractivity (Wildman–Crippen MR) is 54.5 cm³/mol. The zero-order valence-electron chi connectivity index (χ0n) is 8.41. The largest absolute Gasteiger partial charge is 0.313 e. The molecule has 2 atom stereocenters. The molecule has 0 amide bonds. The van der Waals surface area contributed by atoms with Crippen LogP contribution in [-0.4, -0.2) is 32.5 Å². The Labute approximate surface area is 80.8 Å². The summed E-state index contributed by atoms with van der Waals surface area (Å²) in [6, 6.07) is 0.181. The minimum absolute atomic E-state index is 0.181. The normalized spacial score (nSPS) is 34.0. The van der Waals surface area contributed by atoms with Crippen molar-refractivity contribution in [3.05, 3.63) is 0 Å². The third-order valence-corrected chi connectivity index (χ3v) is 4.37. The number of hydrogen-bond donors (Lipinski definition) is 1. The van der Waals surface area contributed by atoms with Gasteiger partial charge in [0.25, 0.3) is 0 Å². The highest BCUT2D eigenvalue weighted by Gasteiger charge is 2.25. The molecule has 4 heteroatoms. The van der Waals surface area contributed by atoms with Crippen molar-refractivity contribution in [2.24, 2.45) is 5.92 Å². The van der Waals surface area contributed by atoms with Crippen molar-refractivity contribution in [3.8, 4) is 0 Å². The van der Waals surface area contributed by atoms with E-state index in [2.05, 4.69) is 12.2 Å². The van der Waals surface area contributed by atoms with E-state index in [4.69, 9.17) is 0 Å². The van der Waals surface area contributed by atoms with Gasteiger partial charge in [0, 0.05) is 6.04 Å². The van der Waals surface area contributed by atoms with Crippen molar-refractivity contribution in [1.29, 1.82) is 0 Å². The molecular formula is C9H19NO2S. The van der Waals surface area contributed by atoms with E-state index in [1.165, 1.54) is 0 Å². The maximum Gasteiger partial charge on any atom is 0.152 e. The molecule has 1 heterocycles. The van der Waals surface area contributed by atoms with Gasteiger partial charge >= 0.3 is 0 Å². The van der Waals surface area contributed by atoms with Gasteiger partial charge in [0.05, 0.1) is 11.5 Å². The molecule has 1 aliphatic heterocycles. The van der Waals surface area contributed by atoms with Crippen LogP contribution in [0.1, 0.15) is 26.7 Å². The molecule has 0 aromatic carbocycles. The van der Waals surface area contributed by atoms with Crippen LogP contribution in [0.25, 0.3) is 0 Å². The van der Waals surface area contributed by atoms with E-state index in [1.54, 1.807) is 0 Å². The van der Waals surface area contributed by atoms with Crippen LogP contribution >= 0.6 is 0 Å². The zero-order chi connectivity index (χ0) is 9.90. The van der Waals surface area contributed by atoms with Gasteiger partial charge in [0.15, 0.2) is 9.84 Å². The molecule has 78 valence electrons. The molecule has 1 N–H and O–H groups in total. The number of rotatable bonds is 2. The number of sulfone groups is 1. The summed E-state index contributed by atoms with van der Waals surface area (Å²) in [6.07, 6.45) is 2.01. The first kappa shape index (κ1) is 11.0. The van der Waals surface area contributed by atoms with E-state index in [1.807, 2.05) is 6.92 Å². The fraction of sp³-hybridized carbons (Fsp3) is 1.00. The first-order valence-corrected chi connectivity index (χ1v) is 6.79. The second kappa shape index (κ2) is 4.42. The third kappa shape index (κ3) is 3.65. The predicted octanol–water partition coefficient (Wildman–Crippen LogP) is 0.809. The molecule has 3 nitrogen and oxygen atoms in total. The molecular weight excluding hydrogens is 186 g/mol. The molecule has 0 aromatic rings. The smallest absolute Gasteiger partial charge is 0.152 e. The SMILES string of the molecule is CCCC1CS(=O)(=O)CC(C)CN1. The van der Waals surface area contributed by atoms with Crippen molar-refractivity contribution in [2.45, 2.75) is 32.7 Å². The summed E-state index contributed by atoms with van der Waals surface area (Å²) < 4.78 is 23.1. The molecule has 0 radical (unpaired) electrons. The van der Waals surface area contributed by atoms with Gasteiger partial charge < -0.3 is 5.32 Å². The lowest BCUT2D eigenvalue weighted by Crippen LogP contribution is -2.33. The molecule has 1 saturated heterocycles. The zero-order valence-corrected chi connectivity index (χ0v) is 9.23. The lowest BCUT2D eigenvalue weighted by Gasteiger charge is -2.13. The van der Waals surface area contributed by atoms with Crippen molar-refractivity contribution >= 4 is 9.84 Å². The van der Waals surface area contributed by atoms with Crippen LogP contribution in [0.5, 0.6) is 0 Å². The Morgan fingerprint density at radius 3 is 2.69 bits per heavy atom. The maximum atomic E-state index is 11.5. The maximum absolute atomic E-state index is 11.5. The Kier molecular flexibility index (Phi) is 3.74. The van der Waals surface area contributed by atoms with Gasteiger partial charge in [-0.15, -0.1) is 0 Å². The highest BCUT2D eigenvalue weighted by atomic mass is 32.2. The molecule has 0 spiro atoms. The van der Waals surface area contributed by atoms with Crippen LogP contribution in [0, 0.1) is 5.92 Å². The summed E-state index contributed by atoms with van der Waals surface area (Å²) in [5, 5.41) is 3.31. The van der Waals surface area contributed by atoms with E-state index in [9.17, 15) is 8.42 Å². The summed E-state index contributed by atoms with van der Waals surface area (Å²) in [5.41, 5.74) is 0. The van der Waals surface area contributed by atoms with Gasteiger partial charge in [-0.1, -0.05) is 20.3 Å². The van der Waals surface area contributed by atoms with Crippen LogP contribution in [0.3, 0.4) is 0 Å². The lowest BCUT2D eigenvalue weighted by atomic mass is 10.1. The fourth-order valence-corrected chi connectivity index (χ4v) is 3.85. The minimum Gasteiger partial charge on any atom is -0.313 e. The van der Waals surface area contributed by atoms with Crippen LogP contribution in [0.4, 0.5) is 0 Å². The summed E-state index contributed by atoms with van der Waals surface area (Å²) in [5.74, 6) is 0.928. The number of hydrogen-bond acceptors (Lipinski definition) is 3. The van der Waals surface area contributed by atoms with Gasteiger partial charge in [-0.25, -0.2) is 8.42 Å². The monoisotopic (exact) mass is 205 g/mol. The van der Waals surface area contributed by atoms with Crippen LogP contribution < -0.4 is 5.32 Å². The highest BCUT2D eigenvalue weighted by molar-refractivity contribution is 7.91. The Morgan fingerprint density at radius 1 is 1.38 bits per heavy atom.